The van der Waals surface area contributed by atoms with E-state index in [0.717, 1.165) is 47.2 Å². The van der Waals surface area contributed by atoms with Crippen molar-refractivity contribution in [1.82, 2.24) is 9.79 Å². The van der Waals surface area contributed by atoms with E-state index in [2.05, 4.69) is 66.7 Å². The summed E-state index contributed by atoms with van der Waals surface area (Å²) in [5.41, 5.74) is 3.08. The van der Waals surface area contributed by atoms with Crippen molar-refractivity contribution in [3.8, 4) is 5.75 Å². The zero-order valence-corrected chi connectivity index (χ0v) is 20.9. The van der Waals surface area contributed by atoms with Crippen molar-refractivity contribution in [3.05, 3.63) is 60.2 Å². The van der Waals surface area contributed by atoms with Gasteiger partial charge in [0.15, 0.2) is 0 Å². The molecule has 0 saturated carbocycles. The maximum atomic E-state index is 12.4. The molecule has 1 atom stereocenters. The standard InChI is InChI=1S/C27H36N2O3S/c1-19(2)14-15-29(26(20(3)4)27(30)28-31)33-25-13-11-22-16-24(12-10-23(22)17-25)32-18-21-8-6-5-7-9-21/h6,8-13,16-17,19-20,26,31H,5,7,14-15,18H2,1-4H3,(H,28,30)/t26-/m1/s1. The smallest absolute Gasteiger partial charge is 0.261 e. The highest BCUT2D eigenvalue weighted by Gasteiger charge is 2.30. The molecule has 1 amide bonds. The summed E-state index contributed by atoms with van der Waals surface area (Å²) in [5, 5.41) is 11.5. The third-order valence-electron chi connectivity index (χ3n) is 5.73. The molecule has 0 fully saturated rings. The van der Waals surface area contributed by atoms with Crippen molar-refractivity contribution in [1.29, 1.82) is 0 Å². The molecule has 3 rings (SSSR count). The molecule has 0 unspecified atom stereocenters. The molecule has 0 spiro atoms. The van der Waals surface area contributed by atoms with E-state index in [4.69, 9.17) is 4.74 Å². The molecule has 178 valence electrons. The van der Waals surface area contributed by atoms with Gasteiger partial charge in [-0.3, -0.25) is 10.0 Å². The van der Waals surface area contributed by atoms with E-state index in [9.17, 15) is 10.0 Å². The Morgan fingerprint density at radius 3 is 2.55 bits per heavy atom. The summed E-state index contributed by atoms with van der Waals surface area (Å²) in [6.45, 7) is 9.71. The van der Waals surface area contributed by atoms with Gasteiger partial charge in [0, 0.05) is 11.4 Å². The largest absolute Gasteiger partial charge is 0.489 e. The van der Waals surface area contributed by atoms with Crippen LogP contribution in [0.15, 0.2) is 65.1 Å². The number of nitrogens with one attached hydrogen (secondary N) is 1. The average molecular weight is 469 g/mol. The van der Waals surface area contributed by atoms with Gasteiger partial charge in [-0.2, -0.15) is 0 Å². The molecule has 0 radical (unpaired) electrons. The number of ether oxygens (including phenoxy) is 1. The summed E-state index contributed by atoms with van der Waals surface area (Å²) in [7, 11) is 0. The SMILES string of the molecule is CC(C)CCN(Sc1ccc2cc(OCC3=CCCC=C3)ccc2c1)[C@@H](C(=O)NO)C(C)C. The Hall–Kier alpha value is -2.28. The van der Waals surface area contributed by atoms with Crippen molar-refractivity contribution in [2.24, 2.45) is 11.8 Å². The first-order chi connectivity index (χ1) is 15.9. The van der Waals surface area contributed by atoms with Gasteiger partial charge < -0.3 is 4.74 Å². The Bertz CT molecular complexity index is 1000. The fourth-order valence-corrected chi connectivity index (χ4v) is 5.11. The molecule has 1 aliphatic carbocycles. The Balaban J connectivity index is 1.75. The van der Waals surface area contributed by atoms with Gasteiger partial charge in [-0.05, 0) is 83.7 Å². The van der Waals surface area contributed by atoms with Crippen molar-refractivity contribution in [2.45, 2.75) is 57.9 Å². The van der Waals surface area contributed by atoms with Crippen LogP contribution in [0, 0.1) is 11.8 Å². The number of nitrogens with zero attached hydrogens (tertiary/aromatic N) is 1. The topological polar surface area (TPSA) is 61.8 Å². The minimum Gasteiger partial charge on any atom is -0.489 e. The number of hydrogen-bond acceptors (Lipinski definition) is 5. The van der Waals surface area contributed by atoms with Crippen LogP contribution in [-0.4, -0.2) is 34.6 Å². The number of fused-ring (bicyclic) bond motifs is 1. The molecular formula is C27H36N2O3S. The summed E-state index contributed by atoms with van der Waals surface area (Å²) in [4.78, 5) is 13.5. The highest BCUT2D eigenvalue weighted by Crippen LogP contribution is 2.32. The van der Waals surface area contributed by atoms with E-state index >= 15 is 0 Å². The Morgan fingerprint density at radius 1 is 1.12 bits per heavy atom. The van der Waals surface area contributed by atoms with E-state index in [1.807, 2.05) is 25.4 Å². The zero-order valence-electron chi connectivity index (χ0n) is 20.1. The van der Waals surface area contributed by atoms with Gasteiger partial charge in [0.2, 0.25) is 0 Å². The average Bonchev–Trinajstić information content (AvgIpc) is 2.81. The molecule has 2 aromatic carbocycles. The lowest BCUT2D eigenvalue weighted by molar-refractivity contribution is -0.134. The molecule has 0 aliphatic heterocycles. The van der Waals surface area contributed by atoms with E-state index in [-0.39, 0.29) is 11.8 Å². The van der Waals surface area contributed by atoms with E-state index in [1.54, 1.807) is 11.9 Å². The lowest BCUT2D eigenvalue weighted by Crippen LogP contribution is -2.46. The van der Waals surface area contributed by atoms with Gasteiger partial charge in [0.05, 0.1) is 0 Å². The van der Waals surface area contributed by atoms with Crippen molar-refractivity contribution in [3.63, 3.8) is 0 Å². The highest BCUT2D eigenvalue weighted by molar-refractivity contribution is 7.97. The first-order valence-electron chi connectivity index (χ1n) is 11.8. The molecule has 2 N–H and O–H groups in total. The maximum Gasteiger partial charge on any atom is 0.261 e. The van der Waals surface area contributed by atoms with Gasteiger partial charge in [0.1, 0.15) is 18.4 Å². The van der Waals surface area contributed by atoms with Crippen molar-refractivity contribution in [2.75, 3.05) is 13.2 Å². The van der Waals surface area contributed by atoms with Gasteiger partial charge in [-0.25, -0.2) is 9.79 Å². The number of rotatable bonds is 11. The quantitative estimate of drug-likeness (QED) is 0.228. The van der Waals surface area contributed by atoms with Crippen molar-refractivity contribution < 1.29 is 14.7 Å². The van der Waals surface area contributed by atoms with Crippen LogP contribution in [0.4, 0.5) is 0 Å². The summed E-state index contributed by atoms with van der Waals surface area (Å²) >= 11 is 1.57. The number of carbonyl (C=O) groups excluding carboxylic acids is 1. The molecule has 33 heavy (non-hydrogen) atoms. The predicted octanol–water partition coefficient (Wildman–Crippen LogP) is 6.38. The first kappa shape index (κ1) is 25.3. The lowest BCUT2D eigenvalue weighted by Gasteiger charge is -2.32. The normalized spacial score (nSPS) is 14.7. The van der Waals surface area contributed by atoms with Gasteiger partial charge in [-0.1, -0.05) is 58.1 Å². The number of hydroxylamine groups is 1. The van der Waals surface area contributed by atoms with Crippen LogP contribution in [0.25, 0.3) is 10.8 Å². The molecule has 0 saturated heterocycles. The van der Waals surface area contributed by atoms with Crippen LogP contribution in [0.5, 0.6) is 5.75 Å². The first-order valence-corrected chi connectivity index (χ1v) is 12.6. The number of amides is 1. The number of benzene rings is 2. The van der Waals surface area contributed by atoms with Crippen LogP contribution < -0.4 is 10.2 Å². The molecular weight excluding hydrogens is 432 g/mol. The Morgan fingerprint density at radius 2 is 1.88 bits per heavy atom. The second-order valence-electron chi connectivity index (χ2n) is 9.30. The van der Waals surface area contributed by atoms with Crippen molar-refractivity contribution >= 4 is 28.6 Å². The second kappa shape index (κ2) is 12.3. The molecule has 0 heterocycles. The fraction of sp³-hybridized carbons (Fsp3) is 0.444. The molecule has 1 aliphatic rings. The third kappa shape index (κ3) is 7.36. The maximum absolute atomic E-state index is 12.4. The second-order valence-corrected chi connectivity index (χ2v) is 10.4. The van der Waals surface area contributed by atoms with Crippen LogP contribution in [0.3, 0.4) is 0 Å². The minimum atomic E-state index is -0.423. The molecule has 0 bridgehead atoms. The highest BCUT2D eigenvalue weighted by atomic mass is 32.2. The summed E-state index contributed by atoms with van der Waals surface area (Å²) in [6, 6.07) is 12.1. The summed E-state index contributed by atoms with van der Waals surface area (Å²) < 4.78 is 8.10. The van der Waals surface area contributed by atoms with Gasteiger partial charge in [0.25, 0.3) is 5.91 Å². The molecule has 2 aromatic rings. The molecule has 0 aromatic heterocycles. The monoisotopic (exact) mass is 468 g/mol. The van der Waals surface area contributed by atoms with Crippen LogP contribution in [0.2, 0.25) is 0 Å². The fourth-order valence-electron chi connectivity index (χ4n) is 3.88. The number of allylic oxidation sites excluding steroid dienone is 2. The van der Waals surface area contributed by atoms with E-state index < -0.39 is 6.04 Å². The minimum absolute atomic E-state index is 0.0612. The molecule has 5 nitrogen and oxygen atoms in total. The van der Waals surface area contributed by atoms with Crippen LogP contribution in [0.1, 0.15) is 47.0 Å². The zero-order chi connectivity index (χ0) is 23.8. The number of carbonyl (C=O) groups is 1. The third-order valence-corrected chi connectivity index (χ3v) is 6.84. The van der Waals surface area contributed by atoms with Crippen LogP contribution in [-0.2, 0) is 4.79 Å². The lowest BCUT2D eigenvalue weighted by atomic mass is 10.0. The number of hydrogen-bond donors (Lipinski definition) is 2. The summed E-state index contributed by atoms with van der Waals surface area (Å²) in [5.74, 6) is 1.08. The Labute approximate surface area is 202 Å². The molecule has 6 heteroatoms. The van der Waals surface area contributed by atoms with Crippen LogP contribution >= 0.6 is 11.9 Å². The van der Waals surface area contributed by atoms with E-state index in [0.29, 0.717) is 12.5 Å². The summed E-state index contributed by atoms with van der Waals surface area (Å²) in [6.07, 6.45) is 9.72. The predicted molar refractivity (Wildman–Crippen MR) is 136 cm³/mol. The Kier molecular flexibility index (Phi) is 9.41. The van der Waals surface area contributed by atoms with E-state index in [1.165, 1.54) is 5.57 Å². The van der Waals surface area contributed by atoms with Gasteiger partial charge in [-0.15, -0.1) is 0 Å². The van der Waals surface area contributed by atoms with Gasteiger partial charge >= 0.3 is 0 Å².